The zero-order chi connectivity index (χ0) is 24.6. The van der Waals surface area contributed by atoms with E-state index in [4.69, 9.17) is 19.9 Å². The maximum absolute atomic E-state index is 12.6. The molecule has 3 N–H and O–H groups in total. The van der Waals surface area contributed by atoms with E-state index in [1.807, 2.05) is 30.3 Å². The summed E-state index contributed by atoms with van der Waals surface area (Å²) in [6.45, 7) is 0.00640. The van der Waals surface area contributed by atoms with Gasteiger partial charge in [-0.25, -0.2) is 4.79 Å². The first-order chi connectivity index (χ1) is 17.0. The van der Waals surface area contributed by atoms with Crippen molar-refractivity contribution in [2.24, 2.45) is 5.73 Å². The normalized spacial score (nSPS) is 12.3. The van der Waals surface area contributed by atoms with E-state index in [0.29, 0.717) is 22.9 Å². The SMILES string of the molecule is NC(=O)c1c(NC(=O)COC(=O)c2ccccc2OCCOc2ccccc2)sc2c1CCCC2. The lowest BCUT2D eigenvalue weighted by Crippen LogP contribution is -2.23. The van der Waals surface area contributed by atoms with E-state index >= 15 is 0 Å². The van der Waals surface area contributed by atoms with Crippen molar-refractivity contribution in [1.82, 2.24) is 0 Å². The number of thiophene rings is 1. The summed E-state index contributed by atoms with van der Waals surface area (Å²) in [5, 5.41) is 3.09. The number of hydrogen-bond acceptors (Lipinski definition) is 7. The number of esters is 1. The fourth-order valence-corrected chi connectivity index (χ4v) is 5.19. The molecule has 0 bridgehead atoms. The van der Waals surface area contributed by atoms with Gasteiger partial charge in [0.1, 0.15) is 35.3 Å². The minimum absolute atomic E-state index is 0.199. The molecule has 0 fully saturated rings. The largest absolute Gasteiger partial charge is 0.490 e. The molecule has 1 aromatic heterocycles. The number of nitrogens with one attached hydrogen (secondary N) is 1. The fourth-order valence-electron chi connectivity index (χ4n) is 3.88. The van der Waals surface area contributed by atoms with E-state index in [9.17, 15) is 14.4 Å². The number of nitrogens with two attached hydrogens (primary N) is 1. The summed E-state index contributed by atoms with van der Waals surface area (Å²) in [5.74, 6) is -0.758. The predicted octanol–water partition coefficient (Wildman–Crippen LogP) is 3.98. The van der Waals surface area contributed by atoms with Crippen LogP contribution in [-0.2, 0) is 22.4 Å². The molecule has 0 unspecified atom stereocenters. The van der Waals surface area contributed by atoms with Crippen LogP contribution in [0.25, 0.3) is 0 Å². The molecule has 0 spiro atoms. The number of carbonyl (C=O) groups excluding carboxylic acids is 3. The number of hydrogen-bond donors (Lipinski definition) is 2. The summed E-state index contributed by atoms with van der Waals surface area (Å²) in [6.07, 6.45) is 3.64. The second-order valence-corrected chi connectivity index (χ2v) is 9.01. The average molecular weight is 495 g/mol. The van der Waals surface area contributed by atoms with Gasteiger partial charge in [0.2, 0.25) is 0 Å². The number of ether oxygens (including phenoxy) is 3. The maximum Gasteiger partial charge on any atom is 0.342 e. The van der Waals surface area contributed by atoms with Crippen molar-refractivity contribution in [3.8, 4) is 11.5 Å². The Morgan fingerprint density at radius 3 is 2.43 bits per heavy atom. The first-order valence-electron chi connectivity index (χ1n) is 11.3. The summed E-state index contributed by atoms with van der Waals surface area (Å²) in [7, 11) is 0. The number of fused-ring (bicyclic) bond motifs is 1. The number of primary amides is 1. The molecule has 1 aliphatic carbocycles. The zero-order valence-corrected chi connectivity index (χ0v) is 19.9. The van der Waals surface area contributed by atoms with Crippen LogP contribution < -0.4 is 20.5 Å². The maximum atomic E-state index is 12.6. The van der Waals surface area contributed by atoms with Crippen molar-refractivity contribution in [3.05, 3.63) is 76.2 Å². The third-order valence-corrected chi connectivity index (χ3v) is 6.67. The van der Waals surface area contributed by atoms with Gasteiger partial charge in [-0.05, 0) is 55.5 Å². The number of para-hydroxylation sites is 2. The van der Waals surface area contributed by atoms with E-state index in [1.165, 1.54) is 11.3 Å². The van der Waals surface area contributed by atoms with Gasteiger partial charge in [-0.1, -0.05) is 30.3 Å². The van der Waals surface area contributed by atoms with Crippen LogP contribution in [0.4, 0.5) is 5.00 Å². The van der Waals surface area contributed by atoms with Gasteiger partial charge in [0, 0.05) is 4.88 Å². The number of anilines is 1. The number of amides is 2. The van der Waals surface area contributed by atoms with Crippen LogP contribution in [0.15, 0.2) is 54.6 Å². The summed E-state index contributed by atoms with van der Waals surface area (Å²) in [6, 6.07) is 16.0. The average Bonchev–Trinajstić information content (AvgIpc) is 3.24. The smallest absolute Gasteiger partial charge is 0.342 e. The molecule has 8 nitrogen and oxygen atoms in total. The summed E-state index contributed by atoms with van der Waals surface area (Å²) in [5.41, 5.74) is 7.05. The minimum Gasteiger partial charge on any atom is -0.490 e. The molecule has 0 radical (unpaired) electrons. The minimum atomic E-state index is -0.694. The molecule has 4 rings (SSSR count). The Balaban J connectivity index is 1.31. The van der Waals surface area contributed by atoms with Crippen LogP contribution in [0, 0.1) is 0 Å². The molecule has 0 aliphatic heterocycles. The van der Waals surface area contributed by atoms with Gasteiger partial charge >= 0.3 is 5.97 Å². The Morgan fingerprint density at radius 1 is 0.914 bits per heavy atom. The molecule has 9 heteroatoms. The molecular formula is C26H26N2O6S. The van der Waals surface area contributed by atoms with Gasteiger partial charge in [0.25, 0.3) is 11.8 Å². The Hall–Kier alpha value is -3.85. The highest BCUT2D eigenvalue weighted by molar-refractivity contribution is 7.17. The van der Waals surface area contributed by atoms with Crippen LogP contribution in [0.3, 0.4) is 0 Å². The van der Waals surface area contributed by atoms with Crippen LogP contribution in [0.2, 0.25) is 0 Å². The molecular weight excluding hydrogens is 468 g/mol. The highest BCUT2D eigenvalue weighted by Gasteiger charge is 2.25. The van der Waals surface area contributed by atoms with E-state index in [2.05, 4.69) is 5.32 Å². The number of rotatable bonds is 10. The lowest BCUT2D eigenvalue weighted by molar-refractivity contribution is -0.119. The summed E-state index contributed by atoms with van der Waals surface area (Å²) < 4.78 is 16.5. The number of benzene rings is 2. The van der Waals surface area contributed by atoms with Gasteiger partial charge in [-0.15, -0.1) is 11.3 Å². The van der Waals surface area contributed by atoms with Gasteiger partial charge in [-0.3, -0.25) is 9.59 Å². The van der Waals surface area contributed by atoms with E-state index < -0.39 is 24.4 Å². The molecule has 1 aliphatic rings. The van der Waals surface area contributed by atoms with Gasteiger partial charge in [-0.2, -0.15) is 0 Å². The van der Waals surface area contributed by atoms with Crippen molar-refractivity contribution in [2.75, 3.05) is 25.1 Å². The number of carbonyl (C=O) groups is 3. The lowest BCUT2D eigenvalue weighted by atomic mass is 9.95. The van der Waals surface area contributed by atoms with E-state index in [-0.39, 0.29) is 12.2 Å². The molecule has 182 valence electrons. The molecule has 0 saturated heterocycles. The second kappa shape index (κ2) is 11.5. The summed E-state index contributed by atoms with van der Waals surface area (Å²) >= 11 is 1.36. The van der Waals surface area contributed by atoms with E-state index in [1.54, 1.807) is 24.3 Å². The van der Waals surface area contributed by atoms with Crippen molar-refractivity contribution in [2.45, 2.75) is 25.7 Å². The molecule has 2 amide bonds. The predicted molar refractivity (Wildman–Crippen MR) is 132 cm³/mol. The lowest BCUT2D eigenvalue weighted by Gasteiger charge is -2.12. The third kappa shape index (κ3) is 6.19. The topological polar surface area (TPSA) is 117 Å². The summed E-state index contributed by atoms with van der Waals surface area (Å²) in [4.78, 5) is 38.2. The van der Waals surface area contributed by atoms with Gasteiger partial charge in [0.15, 0.2) is 6.61 Å². The Morgan fingerprint density at radius 2 is 1.63 bits per heavy atom. The van der Waals surface area contributed by atoms with Crippen LogP contribution >= 0.6 is 11.3 Å². The highest BCUT2D eigenvalue weighted by Crippen LogP contribution is 2.37. The Kier molecular flexibility index (Phi) is 7.99. The first-order valence-corrected chi connectivity index (χ1v) is 12.2. The van der Waals surface area contributed by atoms with Gasteiger partial charge < -0.3 is 25.3 Å². The second-order valence-electron chi connectivity index (χ2n) is 7.91. The van der Waals surface area contributed by atoms with Crippen molar-refractivity contribution < 1.29 is 28.6 Å². The molecule has 35 heavy (non-hydrogen) atoms. The van der Waals surface area contributed by atoms with Crippen molar-refractivity contribution in [3.63, 3.8) is 0 Å². The first kappa shape index (κ1) is 24.3. The molecule has 0 atom stereocenters. The standard InChI is InChI=1S/C26H26N2O6S/c27-24(30)23-19-11-5-7-13-21(19)35-25(23)28-22(29)16-34-26(31)18-10-4-6-12-20(18)33-15-14-32-17-8-2-1-3-9-17/h1-4,6,8-10,12H,5,7,11,13-16H2,(H2,27,30)(H,28,29). The third-order valence-electron chi connectivity index (χ3n) is 5.46. The molecule has 0 saturated carbocycles. The Labute approximate surface area is 207 Å². The highest BCUT2D eigenvalue weighted by atomic mass is 32.1. The van der Waals surface area contributed by atoms with Crippen LogP contribution in [0.5, 0.6) is 11.5 Å². The molecule has 3 aromatic rings. The molecule has 2 aromatic carbocycles. The fraction of sp³-hybridized carbons (Fsp3) is 0.269. The van der Waals surface area contributed by atoms with Crippen molar-refractivity contribution in [1.29, 1.82) is 0 Å². The quantitative estimate of drug-likeness (QED) is 0.325. The van der Waals surface area contributed by atoms with Crippen LogP contribution in [0.1, 0.15) is 44.0 Å². The van der Waals surface area contributed by atoms with Gasteiger partial charge in [0.05, 0.1) is 5.56 Å². The van der Waals surface area contributed by atoms with Crippen LogP contribution in [-0.4, -0.2) is 37.6 Å². The van der Waals surface area contributed by atoms with Crippen molar-refractivity contribution >= 4 is 34.1 Å². The number of aryl methyl sites for hydroxylation is 1. The zero-order valence-electron chi connectivity index (χ0n) is 19.1. The molecule has 1 heterocycles. The van der Waals surface area contributed by atoms with E-state index in [0.717, 1.165) is 41.9 Å². The monoisotopic (exact) mass is 494 g/mol. The Bertz CT molecular complexity index is 1210.